The van der Waals surface area contributed by atoms with Gasteiger partial charge in [0.2, 0.25) is 35.4 Å². The van der Waals surface area contributed by atoms with E-state index >= 15 is 0 Å². The predicted octanol–water partition coefficient (Wildman–Crippen LogP) is -4.88. The monoisotopic (exact) mass is 904 g/mol. The number of nitrogens with one attached hydrogen (secondary N) is 8. The Morgan fingerprint density at radius 2 is 1.11 bits per heavy atom. The van der Waals surface area contributed by atoms with Crippen LogP contribution in [0.1, 0.15) is 44.1 Å². The summed E-state index contributed by atoms with van der Waals surface area (Å²) in [6.07, 6.45) is -0.340. The van der Waals surface area contributed by atoms with E-state index in [2.05, 4.69) is 37.2 Å². The number of phenolic OH excluding ortho intramolecular Hbond substituents is 1. The molecular weight excluding hydrogens is 844 g/mol. The highest BCUT2D eigenvalue weighted by Gasteiger charge is 2.33. The third-order valence-corrected chi connectivity index (χ3v) is 10.2. The molecule has 2 aliphatic rings. The average Bonchev–Trinajstić information content (AvgIpc) is 3.30. The molecule has 0 radical (unpaired) electrons. The van der Waals surface area contributed by atoms with Gasteiger partial charge in [-0.05, 0) is 49.8 Å². The quantitative estimate of drug-likeness (QED) is 0.0352. The van der Waals surface area contributed by atoms with E-state index in [0.717, 1.165) is 0 Å². The summed E-state index contributed by atoms with van der Waals surface area (Å²) >= 11 is 0. The molecule has 25 heteroatoms. The number of guanidine groups is 1. The number of carbonyl (C=O) groups is 9. The Bertz CT molecular complexity index is 1790. The largest absolute Gasteiger partial charge is 0.508 e. The van der Waals surface area contributed by atoms with Gasteiger partial charge in [0, 0.05) is 58.8 Å². The third kappa shape index (κ3) is 20.1. The lowest BCUT2D eigenvalue weighted by Gasteiger charge is -2.26. The third-order valence-electron chi connectivity index (χ3n) is 10.2. The van der Waals surface area contributed by atoms with Gasteiger partial charge < -0.3 is 63.4 Å². The van der Waals surface area contributed by atoms with Crippen molar-refractivity contribution in [1.29, 1.82) is 5.41 Å². The number of nitrogens with two attached hydrogens (primary N) is 1. The number of rotatable bonds is 19. The van der Waals surface area contributed by atoms with Gasteiger partial charge in [-0.15, -0.1) is 0 Å². The maximum Gasteiger partial charge on any atom is 0.317 e. The zero-order chi connectivity index (χ0) is 47.2. The number of hydrogen-bond donors (Lipinski definition) is 13. The molecule has 0 spiro atoms. The SMILES string of the molecule is N=C(N)NCCC[C@@H]1NC(=O)[C@H](CCCCNC(=O)CN2CCN(CC(=O)O)CCN(CC(=O)O)CC2)NC(=O)[C@@H](Cc2ccc(O)cc2)NC(=O)[C@H](CC(=O)O)NC(=O)CNC1=O. The Morgan fingerprint density at radius 3 is 1.66 bits per heavy atom. The molecule has 0 bridgehead atoms. The van der Waals surface area contributed by atoms with Crippen LogP contribution in [0.25, 0.3) is 0 Å². The summed E-state index contributed by atoms with van der Waals surface area (Å²) in [6, 6.07) is -0.0170. The molecular formula is C39H60N12O13. The molecule has 1 aromatic rings. The summed E-state index contributed by atoms with van der Waals surface area (Å²) in [5, 5.41) is 63.1. The zero-order valence-electron chi connectivity index (χ0n) is 35.4. The van der Waals surface area contributed by atoms with E-state index in [1.807, 2.05) is 0 Å². The number of benzene rings is 1. The van der Waals surface area contributed by atoms with Crippen molar-refractivity contribution in [3.63, 3.8) is 0 Å². The van der Waals surface area contributed by atoms with Crippen LogP contribution in [0.15, 0.2) is 24.3 Å². The first kappa shape index (κ1) is 51.7. The van der Waals surface area contributed by atoms with Crippen molar-refractivity contribution in [2.24, 2.45) is 5.73 Å². The highest BCUT2D eigenvalue weighted by Crippen LogP contribution is 2.13. The molecule has 25 nitrogen and oxygen atoms in total. The molecule has 14 N–H and O–H groups in total. The number of carboxylic acid groups (broad SMARTS) is 3. The Morgan fingerprint density at radius 1 is 0.625 bits per heavy atom. The molecule has 2 saturated heterocycles. The van der Waals surface area contributed by atoms with Gasteiger partial charge in [-0.1, -0.05) is 12.1 Å². The minimum absolute atomic E-state index is 0.0104. The van der Waals surface area contributed by atoms with E-state index < -0.39 is 84.6 Å². The summed E-state index contributed by atoms with van der Waals surface area (Å²) in [6.45, 7) is 1.10. The molecule has 2 fully saturated rings. The normalized spacial score (nSPS) is 21.4. The number of carboxylic acids is 3. The van der Waals surface area contributed by atoms with Crippen molar-refractivity contribution >= 4 is 59.3 Å². The van der Waals surface area contributed by atoms with Gasteiger partial charge in [-0.2, -0.15) is 0 Å². The fraction of sp³-hybridized carbons (Fsp3) is 0.590. The first-order chi connectivity index (χ1) is 30.4. The van der Waals surface area contributed by atoms with Crippen LogP contribution in [0.5, 0.6) is 5.75 Å². The van der Waals surface area contributed by atoms with Gasteiger partial charge in [0.25, 0.3) is 0 Å². The van der Waals surface area contributed by atoms with Gasteiger partial charge in [-0.25, -0.2) is 0 Å². The van der Waals surface area contributed by atoms with Crippen molar-refractivity contribution in [2.45, 2.75) is 69.1 Å². The molecule has 3 rings (SSSR count). The van der Waals surface area contributed by atoms with Crippen LogP contribution in [0.2, 0.25) is 0 Å². The number of amides is 6. The van der Waals surface area contributed by atoms with E-state index in [1.165, 1.54) is 24.3 Å². The molecule has 354 valence electrons. The number of phenols is 1. The summed E-state index contributed by atoms with van der Waals surface area (Å²) in [5.41, 5.74) is 5.82. The Kier molecular flexibility index (Phi) is 21.7. The number of carbonyl (C=O) groups excluding carboxylic acids is 6. The van der Waals surface area contributed by atoms with Crippen LogP contribution in [-0.4, -0.2) is 197 Å². The van der Waals surface area contributed by atoms with Crippen LogP contribution in [0, 0.1) is 5.41 Å². The lowest BCUT2D eigenvalue weighted by molar-refractivity contribution is -0.141. The second-order valence-corrected chi connectivity index (χ2v) is 15.4. The Hall–Kier alpha value is -6.60. The molecule has 6 amide bonds. The van der Waals surface area contributed by atoms with Crippen LogP contribution in [-0.2, 0) is 49.6 Å². The standard InChI is InChI=1S/C39H60N12O13/c40-39(41)43-11-3-5-26-35(61)44-20-30(53)45-29(19-32(55)56)38(64)48-28(18-24-6-8-25(52)9-7-24)37(63)47-27(36(62)46-26)4-1-2-10-42-31(54)21-49-12-14-50(22-33(57)58)16-17-51(15-13-49)23-34(59)60/h6-9,26-29,52H,1-5,10-23H2,(H,42,54)(H,44,61)(H,45,53)(H,46,62)(H,47,63)(H,48,64)(H,55,56)(H,57,58)(H,59,60)(H4,40,41,43)/t26-,27-,28+,29-/m0/s1. The summed E-state index contributed by atoms with van der Waals surface area (Å²) in [5.74, 6) is -8.72. The first-order valence-corrected chi connectivity index (χ1v) is 20.8. The number of nitrogens with zero attached hydrogens (tertiary/aromatic N) is 3. The van der Waals surface area contributed by atoms with Crippen molar-refractivity contribution in [2.75, 3.05) is 78.5 Å². The molecule has 0 saturated carbocycles. The van der Waals surface area contributed by atoms with E-state index in [-0.39, 0.29) is 82.4 Å². The molecule has 0 aliphatic carbocycles. The van der Waals surface area contributed by atoms with Gasteiger partial charge in [0.1, 0.15) is 29.9 Å². The van der Waals surface area contributed by atoms with Gasteiger partial charge in [-0.3, -0.25) is 63.3 Å². The number of unbranched alkanes of at least 4 members (excludes halogenated alkanes) is 1. The maximum atomic E-state index is 14.0. The van der Waals surface area contributed by atoms with Crippen LogP contribution >= 0.6 is 0 Å². The first-order valence-electron chi connectivity index (χ1n) is 20.8. The molecule has 1 aromatic carbocycles. The molecule has 4 atom stereocenters. The van der Waals surface area contributed by atoms with Crippen LogP contribution in [0.3, 0.4) is 0 Å². The number of aromatic hydroxyl groups is 1. The van der Waals surface area contributed by atoms with Crippen LogP contribution < -0.4 is 43.0 Å². The number of aliphatic carboxylic acids is 3. The summed E-state index contributed by atoms with van der Waals surface area (Å²) in [7, 11) is 0. The Labute approximate surface area is 368 Å². The molecule has 64 heavy (non-hydrogen) atoms. The van der Waals surface area contributed by atoms with Gasteiger partial charge in [0.15, 0.2) is 5.96 Å². The van der Waals surface area contributed by atoms with Gasteiger partial charge in [0.05, 0.1) is 32.6 Å². The van der Waals surface area contributed by atoms with Crippen molar-refractivity contribution in [3.8, 4) is 5.75 Å². The highest BCUT2D eigenvalue weighted by molar-refractivity contribution is 5.98. The fourth-order valence-electron chi connectivity index (χ4n) is 6.88. The van der Waals surface area contributed by atoms with Crippen molar-refractivity contribution in [1.82, 2.24) is 51.9 Å². The van der Waals surface area contributed by atoms with E-state index in [1.54, 1.807) is 14.7 Å². The van der Waals surface area contributed by atoms with Crippen molar-refractivity contribution in [3.05, 3.63) is 29.8 Å². The average molecular weight is 905 g/mol. The van der Waals surface area contributed by atoms with E-state index in [4.69, 9.17) is 11.1 Å². The fourth-order valence-corrected chi connectivity index (χ4v) is 6.88. The zero-order valence-corrected chi connectivity index (χ0v) is 35.4. The van der Waals surface area contributed by atoms with E-state index in [9.17, 15) is 63.6 Å². The molecule has 0 unspecified atom stereocenters. The highest BCUT2D eigenvalue weighted by atomic mass is 16.4. The minimum atomic E-state index is -1.67. The summed E-state index contributed by atoms with van der Waals surface area (Å²) in [4.78, 5) is 120. The molecule has 0 aromatic heterocycles. The number of hydrogen-bond acceptors (Lipinski definition) is 14. The van der Waals surface area contributed by atoms with E-state index in [0.29, 0.717) is 51.3 Å². The van der Waals surface area contributed by atoms with Crippen molar-refractivity contribution < 1.29 is 63.6 Å². The summed E-state index contributed by atoms with van der Waals surface area (Å²) < 4.78 is 0. The predicted molar refractivity (Wildman–Crippen MR) is 225 cm³/mol. The second kappa shape index (κ2) is 26.8. The second-order valence-electron chi connectivity index (χ2n) is 15.4. The lowest BCUT2D eigenvalue weighted by Crippen LogP contribution is -2.58. The smallest absolute Gasteiger partial charge is 0.317 e. The van der Waals surface area contributed by atoms with Gasteiger partial charge >= 0.3 is 17.9 Å². The lowest BCUT2D eigenvalue weighted by atomic mass is 10.0. The minimum Gasteiger partial charge on any atom is -0.508 e. The van der Waals surface area contributed by atoms with Crippen LogP contribution in [0.4, 0.5) is 0 Å². The molecule has 2 aliphatic heterocycles. The Balaban J connectivity index is 1.79. The topological polar surface area (TPSA) is 378 Å². The molecule has 2 heterocycles. The maximum absolute atomic E-state index is 14.0.